The SMILES string of the molecule is CCC(CCBr)CNC(=O)c1cc(Br)ccc1F. The number of benzene rings is 1. The van der Waals surface area contributed by atoms with Crippen molar-refractivity contribution in [1.82, 2.24) is 5.32 Å². The van der Waals surface area contributed by atoms with Gasteiger partial charge in [-0.25, -0.2) is 4.39 Å². The molecule has 0 bridgehead atoms. The van der Waals surface area contributed by atoms with Gasteiger partial charge in [0.2, 0.25) is 0 Å². The lowest BCUT2D eigenvalue weighted by atomic mass is 10.0. The Bertz CT molecular complexity index is 412. The molecule has 0 aromatic heterocycles. The zero-order valence-corrected chi connectivity index (χ0v) is 13.4. The van der Waals surface area contributed by atoms with E-state index in [4.69, 9.17) is 0 Å². The van der Waals surface area contributed by atoms with Gasteiger partial charge in [0.05, 0.1) is 5.56 Å². The summed E-state index contributed by atoms with van der Waals surface area (Å²) in [5.41, 5.74) is 0.0815. The molecule has 0 saturated heterocycles. The number of halogens is 3. The van der Waals surface area contributed by atoms with E-state index in [1.165, 1.54) is 12.1 Å². The van der Waals surface area contributed by atoms with Gasteiger partial charge in [0.25, 0.3) is 5.91 Å². The minimum absolute atomic E-state index is 0.0815. The normalized spacial score (nSPS) is 12.2. The highest BCUT2D eigenvalue weighted by Gasteiger charge is 2.13. The Morgan fingerprint density at radius 3 is 2.83 bits per heavy atom. The average Bonchev–Trinajstić information content (AvgIpc) is 2.37. The molecule has 1 rings (SSSR count). The number of alkyl halides is 1. The van der Waals surface area contributed by atoms with Crippen molar-refractivity contribution in [2.75, 3.05) is 11.9 Å². The smallest absolute Gasteiger partial charge is 0.254 e. The fourth-order valence-corrected chi connectivity index (χ4v) is 2.62. The molecule has 2 nitrogen and oxygen atoms in total. The van der Waals surface area contributed by atoms with Crippen LogP contribution in [0.15, 0.2) is 22.7 Å². The summed E-state index contributed by atoms with van der Waals surface area (Å²) in [5.74, 6) is -0.436. The number of nitrogens with one attached hydrogen (secondary N) is 1. The zero-order chi connectivity index (χ0) is 13.5. The first kappa shape index (κ1) is 15.6. The molecule has 0 radical (unpaired) electrons. The molecule has 0 fully saturated rings. The number of rotatable bonds is 6. The van der Waals surface area contributed by atoms with Gasteiger partial charge in [0.1, 0.15) is 5.82 Å². The van der Waals surface area contributed by atoms with Gasteiger partial charge in [-0.05, 0) is 30.5 Å². The molecule has 1 atom stereocenters. The van der Waals surface area contributed by atoms with Crippen LogP contribution >= 0.6 is 31.9 Å². The minimum atomic E-state index is -0.496. The van der Waals surface area contributed by atoms with Gasteiger partial charge < -0.3 is 5.32 Å². The maximum absolute atomic E-state index is 13.5. The Morgan fingerprint density at radius 2 is 2.22 bits per heavy atom. The van der Waals surface area contributed by atoms with Crippen molar-refractivity contribution in [1.29, 1.82) is 0 Å². The average molecular weight is 381 g/mol. The van der Waals surface area contributed by atoms with Gasteiger partial charge >= 0.3 is 0 Å². The number of hydrogen-bond acceptors (Lipinski definition) is 1. The summed E-state index contributed by atoms with van der Waals surface area (Å²) in [4.78, 5) is 11.9. The lowest BCUT2D eigenvalue weighted by Crippen LogP contribution is -2.30. The summed E-state index contributed by atoms with van der Waals surface area (Å²) in [5, 5.41) is 3.69. The fourth-order valence-electron chi connectivity index (χ4n) is 1.61. The van der Waals surface area contributed by atoms with Crippen molar-refractivity contribution in [2.45, 2.75) is 19.8 Å². The molecule has 1 N–H and O–H groups in total. The lowest BCUT2D eigenvalue weighted by Gasteiger charge is -2.14. The molecule has 100 valence electrons. The summed E-state index contributed by atoms with van der Waals surface area (Å²) in [6.07, 6.45) is 1.99. The van der Waals surface area contributed by atoms with Crippen molar-refractivity contribution in [3.05, 3.63) is 34.1 Å². The van der Waals surface area contributed by atoms with Crippen molar-refractivity contribution >= 4 is 37.8 Å². The zero-order valence-electron chi connectivity index (χ0n) is 10.2. The van der Waals surface area contributed by atoms with Crippen molar-refractivity contribution < 1.29 is 9.18 Å². The Morgan fingerprint density at radius 1 is 1.50 bits per heavy atom. The summed E-state index contributed by atoms with van der Waals surface area (Å²) in [6, 6.07) is 4.36. The van der Waals surface area contributed by atoms with Crippen LogP contribution in [-0.4, -0.2) is 17.8 Å². The van der Waals surface area contributed by atoms with Crippen LogP contribution in [0.1, 0.15) is 30.1 Å². The molecule has 0 aliphatic carbocycles. The number of amides is 1. The van der Waals surface area contributed by atoms with E-state index in [-0.39, 0.29) is 11.5 Å². The first-order chi connectivity index (χ1) is 8.58. The largest absolute Gasteiger partial charge is 0.352 e. The Hall–Kier alpha value is -0.420. The Kier molecular flexibility index (Phi) is 6.86. The van der Waals surface area contributed by atoms with Gasteiger partial charge in [-0.15, -0.1) is 0 Å². The monoisotopic (exact) mass is 379 g/mol. The molecule has 0 aliphatic heterocycles. The number of carbonyl (C=O) groups is 1. The third-order valence-electron chi connectivity index (χ3n) is 2.82. The second kappa shape index (κ2) is 7.89. The van der Waals surface area contributed by atoms with Crippen LogP contribution < -0.4 is 5.32 Å². The first-order valence-electron chi connectivity index (χ1n) is 5.87. The van der Waals surface area contributed by atoms with E-state index >= 15 is 0 Å². The van der Waals surface area contributed by atoms with Crippen molar-refractivity contribution in [2.24, 2.45) is 5.92 Å². The number of hydrogen-bond donors (Lipinski definition) is 1. The molecule has 1 aromatic rings. The molecule has 18 heavy (non-hydrogen) atoms. The van der Waals surface area contributed by atoms with Crippen LogP contribution in [0.5, 0.6) is 0 Å². The Labute approximate surface area is 124 Å². The van der Waals surface area contributed by atoms with Gasteiger partial charge in [-0.2, -0.15) is 0 Å². The van der Waals surface area contributed by atoms with E-state index in [9.17, 15) is 9.18 Å². The molecule has 0 heterocycles. The maximum Gasteiger partial charge on any atom is 0.254 e. The lowest BCUT2D eigenvalue weighted by molar-refractivity contribution is 0.0942. The third kappa shape index (κ3) is 4.69. The molecule has 0 aliphatic rings. The van der Waals surface area contributed by atoms with Crippen LogP contribution in [0.25, 0.3) is 0 Å². The van der Waals surface area contributed by atoms with E-state index < -0.39 is 5.82 Å². The summed E-state index contributed by atoms with van der Waals surface area (Å²) < 4.78 is 14.2. The molecule has 0 saturated carbocycles. The summed E-state index contributed by atoms with van der Waals surface area (Å²) in [7, 11) is 0. The molecule has 5 heteroatoms. The van der Waals surface area contributed by atoms with Gasteiger partial charge in [0, 0.05) is 16.3 Å². The first-order valence-corrected chi connectivity index (χ1v) is 7.79. The maximum atomic E-state index is 13.5. The predicted molar refractivity (Wildman–Crippen MR) is 78.6 cm³/mol. The number of carbonyl (C=O) groups excluding carboxylic acids is 1. The summed E-state index contributed by atoms with van der Waals surface area (Å²) >= 11 is 6.62. The topological polar surface area (TPSA) is 29.1 Å². The van der Waals surface area contributed by atoms with E-state index in [0.717, 1.165) is 18.2 Å². The fraction of sp³-hybridized carbons (Fsp3) is 0.462. The highest BCUT2D eigenvalue weighted by atomic mass is 79.9. The molecular formula is C13H16Br2FNO. The van der Waals surface area contributed by atoms with Crippen LogP contribution in [-0.2, 0) is 0 Å². The van der Waals surface area contributed by atoms with Crippen LogP contribution in [0.4, 0.5) is 4.39 Å². The second-order valence-corrected chi connectivity index (χ2v) is 5.79. The standard InChI is InChI=1S/C13H16Br2FNO/c1-2-9(5-6-14)8-17-13(18)11-7-10(15)3-4-12(11)16/h3-4,7,9H,2,5-6,8H2,1H3,(H,17,18). The van der Waals surface area contributed by atoms with E-state index in [1.54, 1.807) is 6.07 Å². The second-order valence-electron chi connectivity index (χ2n) is 4.09. The molecule has 1 unspecified atom stereocenters. The van der Waals surface area contributed by atoms with E-state index in [2.05, 4.69) is 44.1 Å². The third-order valence-corrected chi connectivity index (χ3v) is 3.77. The van der Waals surface area contributed by atoms with Crippen molar-refractivity contribution in [3.63, 3.8) is 0 Å². The highest BCUT2D eigenvalue weighted by molar-refractivity contribution is 9.10. The van der Waals surface area contributed by atoms with Crippen LogP contribution in [0, 0.1) is 11.7 Å². The molecule has 0 spiro atoms. The quantitative estimate of drug-likeness (QED) is 0.738. The van der Waals surface area contributed by atoms with E-state index in [1.807, 2.05) is 0 Å². The van der Waals surface area contributed by atoms with Crippen molar-refractivity contribution in [3.8, 4) is 0 Å². The van der Waals surface area contributed by atoms with Gasteiger partial charge in [-0.3, -0.25) is 4.79 Å². The van der Waals surface area contributed by atoms with E-state index in [0.29, 0.717) is 16.9 Å². The predicted octanol–water partition coefficient (Wildman–Crippen LogP) is 4.13. The highest BCUT2D eigenvalue weighted by Crippen LogP contribution is 2.16. The Balaban J connectivity index is 2.62. The molecular weight excluding hydrogens is 365 g/mol. The van der Waals surface area contributed by atoms with Crippen LogP contribution in [0.2, 0.25) is 0 Å². The molecule has 1 aromatic carbocycles. The minimum Gasteiger partial charge on any atom is -0.352 e. The summed E-state index contributed by atoms with van der Waals surface area (Å²) in [6.45, 7) is 2.66. The van der Waals surface area contributed by atoms with Gasteiger partial charge in [0.15, 0.2) is 0 Å². The van der Waals surface area contributed by atoms with Crippen LogP contribution in [0.3, 0.4) is 0 Å². The van der Waals surface area contributed by atoms with Gasteiger partial charge in [-0.1, -0.05) is 45.2 Å². The molecule has 1 amide bonds.